The lowest BCUT2D eigenvalue weighted by molar-refractivity contribution is -0.123. The van der Waals surface area contributed by atoms with Gasteiger partial charge in [0.2, 0.25) is 5.91 Å². The third kappa shape index (κ3) is 3.20. The van der Waals surface area contributed by atoms with Crippen molar-refractivity contribution in [2.75, 3.05) is 0 Å². The molecular weight excluding hydrogens is 283 g/mol. The third-order valence-corrected chi connectivity index (χ3v) is 3.98. The largest absolute Gasteiger partial charge is 0.465 e. The number of rotatable bonds is 4. The third-order valence-electron chi connectivity index (χ3n) is 3.98. The lowest BCUT2D eigenvalue weighted by Gasteiger charge is -2.33. The van der Waals surface area contributed by atoms with Crippen molar-refractivity contribution in [3.05, 3.63) is 59.3 Å². The Morgan fingerprint density at radius 2 is 2.14 bits per heavy atom. The Morgan fingerprint density at radius 3 is 2.86 bits per heavy atom. The normalized spacial score (nSPS) is 21.6. The van der Waals surface area contributed by atoms with Crippen LogP contribution in [-0.4, -0.2) is 11.9 Å². The number of piperidine rings is 1. The first-order valence-electron chi connectivity index (χ1n) is 7.46. The molecule has 1 saturated heterocycles. The molecule has 0 bridgehead atoms. The maximum absolute atomic E-state index is 14.0. The fourth-order valence-electron chi connectivity index (χ4n) is 2.85. The van der Waals surface area contributed by atoms with Gasteiger partial charge in [0, 0.05) is 18.0 Å². The number of hydrogen-bond donors (Lipinski definition) is 2. The van der Waals surface area contributed by atoms with Gasteiger partial charge >= 0.3 is 0 Å². The van der Waals surface area contributed by atoms with E-state index < -0.39 is 0 Å². The van der Waals surface area contributed by atoms with Crippen LogP contribution in [0.15, 0.2) is 40.8 Å². The SMILES string of the molecule is Cc1ccc(CN[C@@H]2CCC(=O)N[C@H]2c2ccccc2F)o1. The van der Waals surface area contributed by atoms with Gasteiger partial charge in [0.15, 0.2) is 0 Å². The molecule has 2 N–H and O–H groups in total. The monoisotopic (exact) mass is 302 g/mol. The Bertz CT molecular complexity index is 668. The summed E-state index contributed by atoms with van der Waals surface area (Å²) in [5.41, 5.74) is 0.517. The number of halogens is 1. The van der Waals surface area contributed by atoms with Gasteiger partial charge in [-0.3, -0.25) is 4.79 Å². The Labute approximate surface area is 128 Å². The molecule has 0 radical (unpaired) electrons. The molecule has 0 spiro atoms. The van der Waals surface area contributed by atoms with E-state index in [1.165, 1.54) is 6.07 Å². The molecule has 1 amide bonds. The van der Waals surface area contributed by atoms with E-state index in [0.29, 0.717) is 24.9 Å². The summed E-state index contributed by atoms with van der Waals surface area (Å²) in [6.07, 6.45) is 1.12. The molecule has 3 rings (SSSR count). The predicted octanol–water partition coefficient (Wildman–Crippen LogP) is 2.84. The van der Waals surface area contributed by atoms with Gasteiger partial charge in [0.05, 0.1) is 12.6 Å². The number of nitrogens with one attached hydrogen (secondary N) is 2. The number of furan rings is 1. The molecule has 1 aliphatic heterocycles. The lowest BCUT2D eigenvalue weighted by Crippen LogP contribution is -2.48. The Kier molecular flexibility index (Phi) is 4.24. The molecule has 1 aromatic carbocycles. The predicted molar refractivity (Wildman–Crippen MR) is 80.6 cm³/mol. The summed E-state index contributed by atoms with van der Waals surface area (Å²) in [6, 6.07) is 10.0. The van der Waals surface area contributed by atoms with Crippen LogP contribution in [0.4, 0.5) is 4.39 Å². The van der Waals surface area contributed by atoms with E-state index in [1.807, 2.05) is 19.1 Å². The number of aryl methyl sites for hydroxylation is 1. The molecule has 4 nitrogen and oxygen atoms in total. The van der Waals surface area contributed by atoms with Crippen LogP contribution >= 0.6 is 0 Å². The fourth-order valence-corrected chi connectivity index (χ4v) is 2.85. The van der Waals surface area contributed by atoms with E-state index in [0.717, 1.165) is 11.5 Å². The highest BCUT2D eigenvalue weighted by Crippen LogP contribution is 2.26. The number of carbonyl (C=O) groups is 1. The van der Waals surface area contributed by atoms with Gasteiger partial charge in [-0.1, -0.05) is 18.2 Å². The highest BCUT2D eigenvalue weighted by molar-refractivity contribution is 5.77. The van der Waals surface area contributed by atoms with Crippen molar-refractivity contribution < 1.29 is 13.6 Å². The molecule has 0 saturated carbocycles. The average molecular weight is 302 g/mol. The fraction of sp³-hybridized carbons (Fsp3) is 0.353. The molecule has 2 aromatic rings. The van der Waals surface area contributed by atoms with Crippen molar-refractivity contribution in [3.8, 4) is 0 Å². The smallest absolute Gasteiger partial charge is 0.220 e. The quantitative estimate of drug-likeness (QED) is 0.913. The van der Waals surface area contributed by atoms with Crippen LogP contribution in [0.25, 0.3) is 0 Å². The van der Waals surface area contributed by atoms with Crippen LogP contribution in [-0.2, 0) is 11.3 Å². The van der Waals surface area contributed by atoms with Gasteiger partial charge in [-0.25, -0.2) is 4.39 Å². The maximum Gasteiger partial charge on any atom is 0.220 e. The number of hydrogen-bond acceptors (Lipinski definition) is 3. The Hall–Kier alpha value is -2.14. The standard InChI is InChI=1S/C17H19FN2O2/c1-11-6-7-12(22-11)10-19-15-8-9-16(21)20-17(15)13-4-2-3-5-14(13)18/h2-7,15,17,19H,8-10H2,1H3,(H,20,21)/t15-,17+/m1/s1. The zero-order valence-corrected chi connectivity index (χ0v) is 12.4. The van der Waals surface area contributed by atoms with Crippen LogP contribution < -0.4 is 10.6 Å². The molecule has 2 atom stereocenters. The molecule has 5 heteroatoms. The molecule has 22 heavy (non-hydrogen) atoms. The molecule has 2 heterocycles. The van der Waals surface area contributed by atoms with Gasteiger partial charge in [0.25, 0.3) is 0 Å². The summed E-state index contributed by atoms with van der Waals surface area (Å²) in [4.78, 5) is 11.7. The summed E-state index contributed by atoms with van der Waals surface area (Å²) < 4.78 is 19.6. The van der Waals surface area contributed by atoms with Gasteiger partial charge in [-0.05, 0) is 31.5 Å². The van der Waals surface area contributed by atoms with E-state index in [1.54, 1.807) is 18.2 Å². The average Bonchev–Trinajstić information content (AvgIpc) is 2.92. The minimum atomic E-state index is -0.362. The van der Waals surface area contributed by atoms with Crippen LogP contribution in [0.5, 0.6) is 0 Å². The second-order valence-corrected chi connectivity index (χ2v) is 5.61. The van der Waals surface area contributed by atoms with Crippen molar-refractivity contribution in [1.82, 2.24) is 10.6 Å². The number of benzene rings is 1. The van der Waals surface area contributed by atoms with Crippen molar-refractivity contribution in [2.45, 2.75) is 38.4 Å². The van der Waals surface area contributed by atoms with Gasteiger partial charge < -0.3 is 15.1 Å². The molecule has 116 valence electrons. The maximum atomic E-state index is 14.0. The van der Waals surface area contributed by atoms with E-state index in [2.05, 4.69) is 10.6 Å². The second kappa shape index (κ2) is 6.32. The number of amides is 1. The van der Waals surface area contributed by atoms with E-state index in [9.17, 15) is 9.18 Å². The molecule has 1 aromatic heterocycles. The van der Waals surface area contributed by atoms with Crippen LogP contribution in [0.3, 0.4) is 0 Å². The summed E-state index contributed by atoms with van der Waals surface area (Å²) in [5, 5.41) is 6.27. The molecule has 0 unspecified atom stereocenters. The summed E-state index contributed by atoms with van der Waals surface area (Å²) >= 11 is 0. The van der Waals surface area contributed by atoms with Crippen molar-refractivity contribution in [1.29, 1.82) is 0 Å². The lowest BCUT2D eigenvalue weighted by atomic mass is 9.91. The second-order valence-electron chi connectivity index (χ2n) is 5.61. The van der Waals surface area contributed by atoms with Crippen LogP contribution in [0.2, 0.25) is 0 Å². The zero-order valence-electron chi connectivity index (χ0n) is 12.4. The Balaban J connectivity index is 1.75. The van der Waals surface area contributed by atoms with Gasteiger partial charge in [0.1, 0.15) is 17.3 Å². The van der Waals surface area contributed by atoms with Crippen molar-refractivity contribution >= 4 is 5.91 Å². The minimum absolute atomic E-state index is 0.0278. The molecular formula is C17H19FN2O2. The minimum Gasteiger partial charge on any atom is -0.465 e. The zero-order chi connectivity index (χ0) is 15.5. The molecule has 1 fully saturated rings. The first kappa shape index (κ1) is 14.8. The summed E-state index contributed by atoms with van der Waals surface area (Å²) in [6.45, 7) is 2.45. The van der Waals surface area contributed by atoms with Gasteiger partial charge in [-0.2, -0.15) is 0 Å². The first-order valence-corrected chi connectivity index (χ1v) is 7.46. The van der Waals surface area contributed by atoms with Crippen LogP contribution in [0, 0.1) is 12.7 Å². The molecule has 1 aliphatic rings. The Morgan fingerprint density at radius 1 is 1.32 bits per heavy atom. The van der Waals surface area contributed by atoms with Gasteiger partial charge in [-0.15, -0.1) is 0 Å². The highest BCUT2D eigenvalue weighted by atomic mass is 19.1. The topological polar surface area (TPSA) is 54.3 Å². The highest BCUT2D eigenvalue weighted by Gasteiger charge is 2.31. The van der Waals surface area contributed by atoms with Crippen molar-refractivity contribution in [2.24, 2.45) is 0 Å². The summed E-state index contributed by atoms with van der Waals surface area (Å²) in [5.74, 6) is 1.36. The first-order chi connectivity index (χ1) is 10.6. The van der Waals surface area contributed by atoms with E-state index >= 15 is 0 Å². The van der Waals surface area contributed by atoms with E-state index in [4.69, 9.17) is 4.42 Å². The number of carbonyl (C=O) groups excluding carboxylic acids is 1. The van der Waals surface area contributed by atoms with E-state index in [-0.39, 0.29) is 23.8 Å². The summed E-state index contributed by atoms with van der Waals surface area (Å²) in [7, 11) is 0. The van der Waals surface area contributed by atoms with Crippen LogP contribution in [0.1, 0.15) is 36.0 Å². The molecule has 0 aliphatic carbocycles. The van der Waals surface area contributed by atoms with Crippen molar-refractivity contribution in [3.63, 3.8) is 0 Å².